The smallest absolute Gasteiger partial charge is 0.218 e. The Morgan fingerprint density at radius 2 is 1.76 bits per heavy atom. The van der Waals surface area contributed by atoms with Gasteiger partial charge in [0.25, 0.3) is 0 Å². The first-order chi connectivity index (χ1) is 11.8. The fourth-order valence-corrected chi connectivity index (χ4v) is 6.97. The van der Waals surface area contributed by atoms with Crippen molar-refractivity contribution in [2.24, 2.45) is 17.6 Å². The molecule has 0 amide bonds. The van der Waals surface area contributed by atoms with E-state index in [-0.39, 0.29) is 33.9 Å². The molecule has 2 saturated heterocycles. The number of sulfonamides is 1. The zero-order valence-electron chi connectivity index (χ0n) is 14.4. The second-order valence-corrected chi connectivity index (χ2v) is 11.0. The quantitative estimate of drug-likeness (QED) is 0.589. The van der Waals surface area contributed by atoms with Crippen molar-refractivity contribution < 1.29 is 13.5 Å². The van der Waals surface area contributed by atoms with Gasteiger partial charge in [-0.2, -0.15) is 0 Å². The third kappa shape index (κ3) is 4.28. The van der Waals surface area contributed by atoms with E-state index in [1.165, 1.54) is 0 Å². The molecule has 1 aliphatic carbocycles. The molecular weight excluding hydrogens is 385 g/mol. The molecule has 0 spiro atoms. The van der Waals surface area contributed by atoms with Crippen LogP contribution < -0.4 is 11.1 Å². The molecule has 4 N–H and O–H groups in total. The maximum absolute atomic E-state index is 12.7. The monoisotopic (exact) mass is 413 g/mol. The molecule has 3 aliphatic rings. The first-order valence-electron chi connectivity index (χ1n) is 9.22. The second kappa shape index (κ2) is 8.17. The molecule has 0 aromatic rings. The summed E-state index contributed by atoms with van der Waals surface area (Å²) in [5.74, 6) is 0.147. The van der Waals surface area contributed by atoms with Crippen LogP contribution in [-0.2, 0) is 10.0 Å². The van der Waals surface area contributed by atoms with Crippen molar-refractivity contribution in [3.63, 3.8) is 0 Å². The van der Waals surface area contributed by atoms with Crippen molar-refractivity contribution in [2.75, 3.05) is 26.2 Å². The van der Waals surface area contributed by atoms with E-state index in [1.54, 1.807) is 4.31 Å². The van der Waals surface area contributed by atoms with Crippen LogP contribution in [0.4, 0.5) is 0 Å². The van der Waals surface area contributed by atoms with Gasteiger partial charge in [0.2, 0.25) is 10.0 Å². The molecule has 2 heterocycles. The first kappa shape index (κ1) is 20.1. The average molecular weight is 414 g/mol. The van der Waals surface area contributed by atoms with E-state index in [2.05, 4.69) is 5.32 Å². The lowest BCUT2D eigenvalue weighted by atomic mass is 9.74. The number of alkyl halides is 2. The third-order valence-corrected chi connectivity index (χ3v) is 9.61. The largest absolute Gasteiger partial charge is 0.393 e. The van der Waals surface area contributed by atoms with E-state index in [1.807, 2.05) is 0 Å². The van der Waals surface area contributed by atoms with E-state index in [4.69, 9.17) is 28.9 Å². The number of aliphatic hydroxyl groups excluding tert-OH is 1. The molecule has 0 aromatic carbocycles. The number of hydrogen-bond acceptors (Lipinski definition) is 5. The Bertz CT molecular complexity index is 551. The number of piperidine rings is 1. The summed E-state index contributed by atoms with van der Waals surface area (Å²) in [6.45, 7) is 2.35. The van der Waals surface area contributed by atoms with Gasteiger partial charge in [-0.25, -0.2) is 12.7 Å². The third-order valence-electron chi connectivity index (χ3n) is 6.18. The van der Waals surface area contributed by atoms with Crippen LogP contribution in [0.1, 0.15) is 32.1 Å². The predicted molar refractivity (Wildman–Crippen MR) is 100 cm³/mol. The molecule has 3 rings (SSSR count). The van der Waals surface area contributed by atoms with E-state index in [9.17, 15) is 13.5 Å². The fraction of sp³-hybridized carbons (Fsp3) is 1.00. The van der Waals surface area contributed by atoms with Gasteiger partial charge in [-0.1, -0.05) is 0 Å². The van der Waals surface area contributed by atoms with Crippen LogP contribution in [0.2, 0.25) is 0 Å². The molecule has 2 aliphatic heterocycles. The Hall–Kier alpha value is 0.370. The zero-order chi connectivity index (χ0) is 18.2. The van der Waals surface area contributed by atoms with Crippen molar-refractivity contribution in [3.8, 4) is 0 Å². The number of halogens is 2. The summed E-state index contributed by atoms with van der Waals surface area (Å²) in [5.41, 5.74) is 6.46. The number of rotatable bonds is 4. The summed E-state index contributed by atoms with van der Waals surface area (Å²) in [5, 5.41) is 12.8. The molecule has 3 fully saturated rings. The molecule has 6 atom stereocenters. The fourth-order valence-electron chi connectivity index (χ4n) is 4.49. The molecular formula is C16H29Cl2N3O3S. The summed E-state index contributed by atoms with van der Waals surface area (Å²) in [7, 11) is -3.22. The van der Waals surface area contributed by atoms with Crippen molar-refractivity contribution in [3.05, 3.63) is 0 Å². The van der Waals surface area contributed by atoms with Crippen LogP contribution in [0.25, 0.3) is 0 Å². The number of hydrogen-bond donors (Lipinski definition) is 3. The lowest BCUT2D eigenvalue weighted by Gasteiger charge is -2.42. The average Bonchev–Trinajstić information content (AvgIpc) is 3.13. The standard InChI is InChI=1S/C16H29Cl2N3O3S/c17-13-7-12(15(22)8-14(13)18)16(19)10-2-5-21(6-3-10)25(23,24)11-1-4-20-9-11/h10-16,20,22H,1-9,19H2/t11-,12?,13?,14?,15?,16-/m1/s1. The Labute approximate surface area is 160 Å². The second-order valence-electron chi connectivity index (χ2n) is 7.71. The summed E-state index contributed by atoms with van der Waals surface area (Å²) in [6, 6.07) is -0.168. The molecule has 0 bridgehead atoms. The molecule has 4 unspecified atom stereocenters. The van der Waals surface area contributed by atoms with Gasteiger partial charge in [0.1, 0.15) is 0 Å². The highest BCUT2D eigenvalue weighted by Gasteiger charge is 2.42. The minimum Gasteiger partial charge on any atom is -0.393 e. The Balaban J connectivity index is 1.56. The normalized spacial score (nSPS) is 40.2. The molecule has 1 saturated carbocycles. The summed E-state index contributed by atoms with van der Waals surface area (Å²) in [6.07, 6.45) is 2.72. The van der Waals surface area contributed by atoms with E-state index >= 15 is 0 Å². The highest BCUT2D eigenvalue weighted by Crippen LogP contribution is 2.37. The molecule has 146 valence electrons. The van der Waals surface area contributed by atoms with E-state index < -0.39 is 16.1 Å². The maximum atomic E-state index is 12.7. The van der Waals surface area contributed by atoms with Crippen molar-refractivity contribution in [2.45, 2.75) is 60.3 Å². The van der Waals surface area contributed by atoms with Crippen molar-refractivity contribution >= 4 is 33.2 Å². The van der Waals surface area contributed by atoms with Crippen LogP contribution in [0.3, 0.4) is 0 Å². The molecule has 9 heteroatoms. The van der Waals surface area contributed by atoms with E-state index in [0.717, 1.165) is 19.4 Å². The van der Waals surface area contributed by atoms with Gasteiger partial charge in [-0.05, 0) is 44.6 Å². The van der Waals surface area contributed by atoms with Gasteiger partial charge >= 0.3 is 0 Å². The van der Waals surface area contributed by atoms with Crippen LogP contribution in [0.15, 0.2) is 0 Å². The summed E-state index contributed by atoms with van der Waals surface area (Å²) in [4.78, 5) is 0. The molecule has 25 heavy (non-hydrogen) atoms. The first-order valence-corrected chi connectivity index (χ1v) is 11.6. The summed E-state index contributed by atoms with van der Waals surface area (Å²) >= 11 is 12.4. The Kier molecular flexibility index (Phi) is 6.57. The topological polar surface area (TPSA) is 95.7 Å². The van der Waals surface area contributed by atoms with Gasteiger partial charge in [0.15, 0.2) is 0 Å². The van der Waals surface area contributed by atoms with Crippen LogP contribution in [-0.4, -0.2) is 72.2 Å². The zero-order valence-corrected chi connectivity index (χ0v) is 16.7. The van der Waals surface area contributed by atoms with Crippen LogP contribution in [0, 0.1) is 11.8 Å². The maximum Gasteiger partial charge on any atom is 0.218 e. The number of nitrogens with zero attached hydrogens (tertiary/aromatic N) is 1. The number of nitrogens with two attached hydrogens (primary N) is 1. The van der Waals surface area contributed by atoms with Gasteiger partial charge < -0.3 is 16.2 Å². The Morgan fingerprint density at radius 3 is 2.36 bits per heavy atom. The highest BCUT2D eigenvalue weighted by atomic mass is 35.5. The van der Waals surface area contributed by atoms with Gasteiger partial charge in [0.05, 0.1) is 22.1 Å². The molecule has 0 radical (unpaired) electrons. The predicted octanol–water partition coefficient (Wildman–Crippen LogP) is 0.703. The van der Waals surface area contributed by atoms with Gasteiger partial charge in [0, 0.05) is 31.6 Å². The van der Waals surface area contributed by atoms with Crippen molar-refractivity contribution in [1.29, 1.82) is 0 Å². The number of nitrogens with one attached hydrogen (secondary N) is 1. The van der Waals surface area contributed by atoms with Crippen molar-refractivity contribution in [1.82, 2.24) is 9.62 Å². The number of aliphatic hydroxyl groups is 1. The van der Waals surface area contributed by atoms with E-state index in [0.29, 0.717) is 38.9 Å². The highest BCUT2D eigenvalue weighted by molar-refractivity contribution is 7.89. The van der Waals surface area contributed by atoms with Gasteiger partial charge in [-0.3, -0.25) is 0 Å². The lowest BCUT2D eigenvalue weighted by molar-refractivity contribution is 0.0399. The lowest BCUT2D eigenvalue weighted by Crippen LogP contribution is -2.52. The van der Waals surface area contributed by atoms with Crippen LogP contribution in [0.5, 0.6) is 0 Å². The summed E-state index contributed by atoms with van der Waals surface area (Å²) < 4.78 is 27.0. The van der Waals surface area contributed by atoms with Crippen LogP contribution >= 0.6 is 23.2 Å². The molecule has 0 aromatic heterocycles. The minimum atomic E-state index is -3.22. The minimum absolute atomic E-state index is 0.0651. The Morgan fingerprint density at radius 1 is 1.12 bits per heavy atom. The molecule has 6 nitrogen and oxygen atoms in total. The SMILES string of the molecule is N[C@H](C1CCN(S(=O)(=O)[C@@H]2CCNC2)CC1)C1CC(Cl)C(Cl)CC1O. The van der Waals surface area contributed by atoms with Gasteiger partial charge in [-0.15, -0.1) is 23.2 Å².